The normalized spacial score (nSPS) is 23.9. The minimum absolute atomic E-state index is 0.250. The van der Waals surface area contributed by atoms with Crippen molar-refractivity contribution < 1.29 is 4.79 Å². The molecule has 32 heavy (non-hydrogen) atoms. The van der Waals surface area contributed by atoms with Gasteiger partial charge in [-0.25, -0.2) is 4.98 Å². The first kappa shape index (κ1) is 21.3. The van der Waals surface area contributed by atoms with Crippen LogP contribution in [0.15, 0.2) is 54.9 Å². The summed E-state index contributed by atoms with van der Waals surface area (Å²) in [6.07, 6.45) is 8.22. The van der Waals surface area contributed by atoms with Gasteiger partial charge in [0, 0.05) is 41.5 Å². The molecule has 3 heterocycles. The smallest absolute Gasteiger partial charge is 0.223 e. The number of carbonyl (C=O) groups excluding carboxylic acids is 1. The average Bonchev–Trinajstić information content (AvgIpc) is 3.47. The summed E-state index contributed by atoms with van der Waals surface area (Å²) in [6.45, 7) is 6.54. The highest BCUT2D eigenvalue weighted by atomic mass is 35.5. The van der Waals surface area contributed by atoms with Crippen LogP contribution in [0.1, 0.15) is 63.1 Å². The molecule has 2 aliphatic rings. The van der Waals surface area contributed by atoms with Crippen molar-refractivity contribution in [2.24, 2.45) is 0 Å². The van der Waals surface area contributed by atoms with Crippen LogP contribution in [0, 0.1) is 0 Å². The van der Waals surface area contributed by atoms with Gasteiger partial charge < -0.3 is 9.47 Å². The van der Waals surface area contributed by atoms with Gasteiger partial charge in [-0.1, -0.05) is 48.9 Å². The SMILES string of the molecule is CCc1cccc2c1C(CCC(=O)N1C(C)CCC1C)(c1ccc(Cl)cc1)n1ccnc1-2. The molecule has 0 bridgehead atoms. The third-order valence-electron chi connectivity index (χ3n) is 7.50. The number of amides is 1. The summed E-state index contributed by atoms with van der Waals surface area (Å²) in [4.78, 5) is 20.3. The second kappa shape index (κ2) is 8.08. The van der Waals surface area contributed by atoms with E-state index in [9.17, 15) is 4.79 Å². The first-order valence-corrected chi connectivity index (χ1v) is 12.1. The summed E-state index contributed by atoms with van der Waals surface area (Å²) in [5, 5.41) is 0.715. The Labute approximate surface area is 195 Å². The molecule has 166 valence electrons. The van der Waals surface area contributed by atoms with E-state index in [1.54, 1.807) is 0 Å². The summed E-state index contributed by atoms with van der Waals surface area (Å²) < 4.78 is 2.28. The summed E-state index contributed by atoms with van der Waals surface area (Å²) in [6, 6.07) is 15.2. The topological polar surface area (TPSA) is 38.1 Å². The molecule has 4 nitrogen and oxygen atoms in total. The number of nitrogens with zero attached hydrogens (tertiary/aromatic N) is 3. The number of halogens is 1. The van der Waals surface area contributed by atoms with Crippen molar-refractivity contribution in [2.45, 2.75) is 70.5 Å². The first-order valence-electron chi connectivity index (χ1n) is 11.7. The Balaban J connectivity index is 1.65. The minimum Gasteiger partial charge on any atom is -0.337 e. The van der Waals surface area contributed by atoms with Gasteiger partial charge in [-0.2, -0.15) is 0 Å². The van der Waals surface area contributed by atoms with E-state index in [0.717, 1.165) is 30.7 Å². The van der Waals surface area contributed by atoms with Crippen LogP contribution in [0.5, 0.6) is 0 Å². The number of hydrogen-bond acceptors (Lipinski definition) is 2. The molecule has 0 N–H and O–H groups in total. The summed E-state index contributed by atoms with van der Waals surface area (Å²) in [5.74, 6) is 1.22. The van der Waals surface area contributed by atoms with E-state index >= 15 is 0 Å². The molecule has 0 aliphatic carbocycles. The van der Waals surface area contributed by atoms with Crippen LogP contribution >= 0.6 is 11.6 Å². The lowest BCUT2D eigenvalue weighted by Crippen LogP contribution is -2.41. The zero-order valence-electron chi connectivity index (χ0n) is 19.0. The maximum absolute atomic E-state index is 13.4. The molecule has 5 heteroatoms. The number of imidazole rings is 1. The third kappa shape index (κ3) is 3.11. The number of hydrogen-bond donors (Lipinski definition) is 0. The fraction of sp³-hybridized carbons (Fsp3) is 0.407. The molecule has 5 rings (SSSR count). The van der Waals surface area contributed by atoms with Gasteiger partial charge in [0.15, 0.2) is 0 Å². The average molecular weight is 448 g/mol. The van der Waals surface area contributed by atoms with Crippen LogP contribution < -0.4 is 0 Å². The highest BCUT2D eigenvalue weighted by Crippen LogP contribution is 2.51. The largest absolute Gasteiger partial charge is 0.337 e. The van der Waals surface area contributed by atoms with E-state index in [0.29, 0.717) is 29.9 Å². The number of fused-ring (bicyclic) bond motifs is 3. The Bertz CT molecular complexity index is 1140. The molecule has 3 atom stereocenters. The van der Waals surface area contributed by atoms with Crippen LogP contribution in [-0.2, 0) is 16.8 Å². The second-order valence-electron chi connectivity index (χ2n) is 9.26. The fourth-order valence-corrected chi connectivity index (χ4v) is 6.13. The van der Waals surface area contributed by atoms with Gasteiger partial charge in [0.25, 0.3) is 0 Å². The Morgan fingerprint density at radius 3 is 2.53 bits per heavy atom. The van der Waals surface area contributed by atoms with Crippen molar-refractivity contribution >= 4 is 17.5 Å². The maximum Gasteiger partial charge on any atom is 0.223 e. The molecule has 1 fully saturated rings. The maximum atomic E-state index is 13.4. The molecule has 3 aromatic rings. The van der Waals surface area contributed by atoms with Crippen molar-refractivity contribution in [1.29, 1.82) is 0 Å². The molecule has 2 aliphatic heterocycles. The Morgan fingerprint density at radius 1 is 1.12 bits per heavy atom. The fourth-order valence-electron chi connectivity index (χ4n) is 6.00. The number of aryl methyl sites for hydroxylation is 1. The molecule has 1 saturated heterocycles. The second-order valence-corrected chi connectivity index (χ2v) is 9.69. The van der Waals surface area contributed by atoms with Crippen LogP contribution in [0.4, 0.5) is 0 Å². The predicted octanol–water partition coefficient (Wildman–Crippen LogP) is 6.05. The number of aromatic nitrogens is 2. The zero-order chi connectivity index (χ0) is 22.5. The molecule has 1 aromatic heterocycles. The molecule has 3 unspecified atom stereocenters. The highest BCUT2D eigenvalue weighted by Gasteiger charge is 2.46. The lowest BCUT2D eigenvalue weighted by molar-refractivity contribution is -0.133. The zero-order valence-corrected chi connectivity index (χ0v) is 19.8. The van der Waals surface area contributed by atoms with E-state index in [2.05, 4.69) is 66.8 Å². The van der Waals surface area contributed by atoms with E-state index in [4.69, 9.17) is 16.6 Å². The van der Waals surface area contributed by atoms with Crippen molar-refractivity contribution in [1.82, 2.24) is 14.5 Å². The molecule has 1 amide bonds. The van der Waals surface area contributed by atoms with Crippen molar-refractivity contribution in [2.75, 3.05) is 0 Å². The lowest BCUT2D eigenvalue weighted by atomic mass is 9.76. The van der Waals surface area contributed by atoms with Gasteiger partial charge in [0.1, 0.15) is 5.82 Å². The van der Waals surface area contributed by atoms with Crippen molar-refractivity contribution in [3.05, 3.63) is 76.6 Å². The van der Waals surface area contributed by atoms with E-state index in [-0.39, 0.29) is 5.91 Å². The monoisotopic (exact) mass is 447 g/mol. The van der Waals surface area contributed by atoms with Gasteiger partial charge in [-0.15, -0.1) is 0 Å². The molecule has 0 saturated carbocycles. The van der Waals surface area contributed by atoms with E-state index in [1.165, 1.54) is 16.7 Å². The van der Waals surface area contributed by atoms with E-state index < -0.39 is 5.54 Å². The molecule has 0 radical (unpaired) electrons. The van der Waals surface area contributed by atoms with Gasteiger partial charge in [0.05, 0.1) is 5.54 Å². The van der Waals surface area contributed by atoms with Crippen molar-refractivity contribution in [3.8, 4) is 11.4 Å². The standard InChI is InChI=1S/C27H30ClN3O/c1-4-20-6-5-7-23-25(20)27(30-17-16-29-26(23)30,21-10-12-22(28)13-11-21)15-14-24(32)31-18(2)8-9-19(31)3/h5-7,10-13,16-19H,4,8-9,14-15H2,1-3H3. The molecular weight excluding hydrogens is 418 g/mol. The third-order valence-corrected chi connectivity index (χ3v) is 7.75. The Morgan fingerprint density at radius 2 is 1.84 bits per heavy atom. The Hall–Kier alpha value is -2.59. The summed E-state index contributed by atoms with van der Waals surface area (Å²) in [5.41, 5.74) is 4.43. The quantitative estimate of drug-likeness (QED) is 0.477. The van der Waals surface area contributed by atoms with Crippen LogP contribution in [0.3, 0.4) is 0 Å². The highest BCUT2D eigenvalue weighted by molar-refractivity contribution is 6.30. The number of benzene rings is 2. The molecule has 0 spiro atoms. The number of likely N-dealkylation sites (tertiary alicyclic amines) is 1. The lowest BCUT2D eigenvalue weighted by Gasteiger charge is -2.36. The number of rotatable bonds is 5. The Kier molecular flexibility index (Phi) is 5.37. The van der Waals surface area contributed by atoms with Gasteiger partial charge in [0.2, 0.25) is 5.91 Å². The van der Waals surface area contributed by atoms with Crippen LogP contribution in [0.2, 0.25) is 5.02 Å². The van der Waals surface area contributed by atoms with Crippen LogP contribution in [0.25, 0.3) is 11.4 Å². The van der Waals surface area contributed by atoms with E-state index in [1.807, 2.05) is 18.3 Å². The van der Waals surface area contributed by atoms with Crippen LogP contribution in [-0.4, -0.2) is 32.4 Å². The van der Waals surface area contributed by atoms with Crippen molar-refractivity contribution in [3.63, 3.8) is 0 Å². The predicted molar refractivity (Wildman–Crippen MR) is 129 cm³/mol. The first-order chi connectivity index (χ1) is 15.5. The number of carbonyl (C=O) groups is 1. The molecule has 2 aromatic carbocycles. The van der Waals surface area contributed by atoms with Gasteiger partial charge in [-0.3, -0.25) is 4.79 Å². The van der Waals surface area contributed by atoms with Gasteiger partial charge >= 0.3 is 0 Å². The molecular formula is C27H30ClN3O. The summed E-state index contributed by atoms with van der Waals surface area (Å²) in [7, 11) is 0. The minimum atomic E-state index is -0.472. The van der Waals surface area contributed by atoms with Gasteiger partial charge in [-0.05, 0) is 68.4 Å². The summed E-state index contributed by atoms with van der Waals surface area (Å²) >= 11 is 6.27.